The zero-order valence-corrected chi connectivity index (χ0v) is 13.6. The maximum atomic E-state index is 12.3. The van der Waals surface area contributed by atoms with Gasteiger partial charge in [0.15, 0.2) is 0 Å². The van der Waals surface area contributed by atoms with E-state index in [1.807, 2.05) is 6.92 Å². The molecule has 3 rings (SSSR count). The van der Waals surface area contributed by atoms with Gasteiger partial charge < -0.3 is 20.4 Å². The molecule has 0 saturated carbocycles. The minimum absolute atomic E-state index is 0.000303. The number of hydrogen-bond acceptors (Lipinski definition) is 4. The van der Waals surface area contributed by atoms with E-state index in [9.17, 15) is 19.7 Å². The van der Waals surface area contributed by atoms with E-state index in [0.717, 1.165) is 5.56 Å². The molecule has 4 atom stereocenters. The lowest BCUT2D eigenvalue weighted by atomic mass is 9.81. The number of urea groups is 2. The Morgan fingerprint density at radius 2 is 1.62 bits per heavy atom. The molecule has 0 spiro atoms. The molecule has 4 amide bonds. The monoisotopic (exact) mass is 333 g/mol. The standard InChI is InChI=1S/C15H19N5O4/c1-8-11-12(9-4-6-10(7-5-9)20(23)24)18(2)15(22)17-13(11)19(3)14(21)16-8/h4-8,11-13H,1-3H3,(H,16,21)(H,17,22)/t8-,11+,12+,13+/m0/s1. The summed E-state index contributed by atoms with van der Waals surface area (Å²) in [5.74, 6) is -0.100. The van der Waals surface area contributed by atoms with Gasteiger partial charge in [-0.1, -0.05) is 12.1 Å². The molecule has 2 fully saturated rings. The lowest BCUT2D eigenvalue weighted by molar-refractivity contribution is -0.384. The van der Waals surface area contributed by atoms with Gasteiger partial charge in [-0.05, 0) is 12.5 Å². The Bertz CT molecular complexity index is 692. The van der Waals surface area contributed by atoms with Gasteiger partial charge in [-0.3, -0.25) is 10.1 Å². The summed E-state index contributed by atoms with van der Waals surface area (Å²) in [6.45, 7) is 1.90. The van der Waals surface area contributed by atoms with E-state index in [1.165, 1.54) is 17.0 Å². The van der Waals surface area contributed by atoms with Crippen LogP contribution >= 0.6 is 0 Å². The minimum atomic E-state index is -0.457. The number of nitro groups is 1. The highest BCUT2D eigenvalue weighted by Gasteiger charge is 2.49. The van der Waals surface area contributed by atoms with E-state index in [1.54, 1.807) is 31.1 Å². The number of non-ortho nitro benzene ring substituents is 1. The van der Waals surface area contributed by atoms with Gasteiger partial charge in [0, 0.05) is 38.2 Å². The minimum Gasteiger partial charge on any atom is -0.335 e. The molecule has 2 N–H and O–H groups in total. The molecule has 2 aliphatic heterocycles. The van der Waals surface area contributed by atoms with Crippen LogP contribution in [0.5, 0.6) is 0 Å². The molecule has 9 heteroatoms. The van der Waals surface area contributed by atoms with Crippen LogP contribution in [0.3, 0.4) is 0 Å². The average Bonchev–Trinajstić information content (AvgIpc) is 2.54. The number of fused-ring (bicyclic) bond motifs is 1. The van der Waals surface area contributed by atoms with E-state index in [4.69, 9.17) is 0 Å². The predicted molar refractivity (Wildman–Crippen MR) is 85.2 cm³/mol. The fraction of sp³-hybridized carbons (Fsp3) is 0.467. The van der Waals surface area contributed by atoms with Crippen LogP contribution in [0.15, 0.2) is 24.3 Å². The third kappa shape index (κ3) is 2.41. The molecule has 0 aromatic heterocycles. The van der Waals surface area contributed by atoms with Crippen molar-refractivity contribution >= 4 is 17.7 Å². The van der Waals surface area contributed by atoms with Crippen molar-refractivity contribution < 1.29 is 14.5 Å². The molecule has 9 nitrogen and oxygen atoms in total. The summed E-state index contributed by atoms with van der Waals surface area (Å²) in [6, 6.07) is 5.20. The van der Waals surface area contributed by atoms with Crippen molar-refractivity contribution in [3.63, 3.8) is 0 Å². The molecule has 1 aromatic rings. The first-order valence-electron chi connectivity index (χ1n) is 7.62. The second-order valence-electron chi connectivity index (χ2n) is 6.23. The van der Waals surface area contributed by atoms with E-state index in [-0.39, 0.29) is 35.8 Å². The number of nitrogens with zero attached hydrogens (tertiary/aromatic N) is 3. The largest absolute Gasteiger partial charge is 0.335 e. The van der Waals surface area contributed by atoms with Crippen molar-refractivity contribution in [3.05, 3.63) is 39.9 Å². The number of nitrogens with one attached hydrogen (secondary N) is 2. The molecule has 2 saturated heterocycles. The van der Waals surface area contributed by atoms with Gasteiger partial charge in [-0.15, -0.1) is 0 Å². The molecule has 0 aliphatic carbocycles. The summed E-state index contributed by atoms with van der Waals surface area (Å²) in [4.78, 5) is 37.7. The van der Waals surface area contributed by atoms with Crippen molar-refractivity contribution in [3.8, 4) is 0 Å². The Balaban J connectivity index is 2.01. The number of nitro benzene ring substituents is 1. The quantitative estimate of drug-likeness (QED) is 0.628. The second kappa shape index (κ2) is 5.66. The van der Waals surface area contributed by atoms with E-state index in [0.29, 0.717) is 0 Å². The number of carbonyl (C=O) groups is 2. The van der Waals surface area contributed by atoms with Crippen LogP contribution < -0.4 is 10.6 Å². The fourth-order valence-electron chi connectivity index (χ4n) is 3.54. The summed E-state index contributed by atoms with van der Waals surface area (Å²) in [5, 5.41) is 16.6. The normalized spacial score (nSPS) is 29.6. The first-order valence-corrected chi connectivity index (χ1v) is 7.62. The number of rotatable bonds is 2. The molecule has 0 bridgehead atoms. The smallest absolute Gasteiger partial charge is 0.319 e. The van der Waals surface area contributed by atoms with Crippen LogP contribution in [-0.2, 0) is 0 Å². The Morgan fingerprint density at radius 3 is 2.21 bits per heavy atom. The van der Waals surface area contributed by atoms with Crippen molar-refractivity contribution in [2.75, 3.05) is 14.1 Å². The Labute approximate surface area is 138 Å². The highest BCUT2D eigenvalue weighted by atomic mass is 16.6. The van der Waals surface area contributed by atoms with Gasteiger partial charge in [0.2, 0.25) is 0 Å². The van der Waals surface area contributed by atoms with Crippen LogP contribution in [0.1, 0.15) is 18.5 Å². The van der Waals surface area contributed by atoms with Crippen LogP contribution in [0.25, 0.3) is 0 Å². The first-order chi connectivity index (χ1) is 11.3. The van der Waals surface area contributed by atoms with Crippen LogP contribution in [0.2, 0.25) is 0 Å². The van der Waals surface area contributed by atoms with E-state index < -0.39 is 11.1 Å². The maximum absolute atomic E-state index is 12.3. The third-order valence-corrected chi connectivity index (χ3v) is 4.85. The summed E-state index contributed by atoms with van der Waals surface area (Å²) >= 11 is 0. The highest BCUT2D eigenvalue weighted by Crippen LogP contribution is 2.38. The Hall–Kier alpha value is -2.84. The zero-order chi connectivity index (χ0) is 17.6. The van der Waals surface area contributed by atoms with Crippen molar-refractivity contribution in [1.29, 1.82) is 0 Å². The summed E-state index contributed by atoms with van der Waals surface area (Å²) < 4.78 is 0. The predicted octanol–water partition coefficient (Wildman–Crippen LogP) is 1.28. The Morgan fingerprint density at radius 1 is 1.04 bits per heavy atom. The zero-order valence-electron chi connectivity index (χ0n) is 13.6. The molecule has 0 unspecified atom stereocenters. The van der Waals surface area contributed by atoms with Gasteiger partial charge in [0.1, 0.15) is 6.17 Å². The van der Waals surface area contributed by atoms with Crippen LogP contribution in [-0.4, -0.2) is 53.1 Å². The number of hydrogen-bond donors (Lipinski definition) is 2. The van der Waals surface area contributed by atoms with E-state index in [2.05, 4.69) is 10.6 Å². The summed E-state index contributed by atoms with van der Waals surface area (Å²) in [5.41, 5.74) is 0.796. The molecule has 2 heterocycles. The van der Waals surface area contributed by atoms with Gasteiger partial charge in [0.05, 0.1) is 11.0 Å². The number of benzene rings is 1. The topological polar surface area (TPSA) is 108 Å². The molecule has 1 aromatic carbocycles. The lowest BCUT2D eigenvalue weighted by Crippen LogP contribution is -2.71. The summed E-state index contributed by atoms with van der Waals surface area (Å²) in [6.07, 6.45) is -0.433. The van der Waals surface area contributed by atoms with Crippen LogP contribution in [0, 0.1) is 16.0 Å². The van der Waals surface area contributed by atoms with Crippen molar-refractivity contribution in [1.82, 2.24) is 20.4 Å². The van der Waals surface area contributed by atoms with Crippen LogP contribution in [0.4, 0.5) is 15.3 Å². The van der Waals surface area contributed by atoms with Gasteiger partial charge in [-0.25, -0.2) is 9.59 Å². The van der Waals surface area contributed by atoms with Gasteiger partial charge in [-0.2, -0.15) is 0 Å². The Kier molecular flexibility index (Phi) is 3.78. The lowest BCUT2D eigenvalue weighted by Gasteiger charge is -2.52. The average molecular weight is 333 g/mol. The SMILES string of the molecule is C[C@@H]1NC(=O)N(C)[C@H]2NC(=O)N(C)[C@H](c3ccc([N+](=O)[O-])cc3)[C@@H]12. The van der Waals surface area contributed by atoms with Gasteiger partial charge in [0.25, 0.3) is 5.69 Å². The number of amides is 4. The molecule has 24 heavy (non-hydrogen) atoms. The van der Waals surface area contributed by atoms with Crippen molar-refractivity contribution in [2.45, 2.75) is 25.2 Å². The first kappa shape index (κ1) is 16.0. The third-order valence-electron chi connectivity index (χ3n) is 4.85. The molecule has 0 radical (unpaired) electrons. The van der Waals surface area contributed by atoms with Crippen molar-refractivity contribution in [2.24, 2.45) is 5.92 Å². The number of carbonyl (C=O) groups excluding carboxylic acids is 2. The van der Waals surface area contributed by atoms with Gasteiger partial charge >= 0.3 is 12.1 Å². The second-order valence-corrected chi connectivity index (χ2v) is 6.23. The molecular weight excluding hydrogens is 314 g/mol. The highest BCUT2D eigenvalue weighted by molar-refractivity contribution is 5.80. The molecule has 2 aliphatic rings. The molecule has 128 valence electrons. The fourth-order valence-corrected chi connectivity index (χ4v) is 3.54. The maximum Gasteiger partial charge on any atom is 0.319 e. The summed E-state index contributed by atoms with van der Waals surface area (Å²) in [7, 11) is 3.32. The molecular formula is C15H19N5O4. The van der Waals surface area contributed by atoms with E-state index >= 15 is 0 Å².